The van der Waals surface area contributed by atoms with Crippen LogP contribution in [0.15, 0.2) is 30.5 Å². The van der Waals surface area contributed by atoms with Gasteiger partial charge in [-0.05, 0) is 37.1 Å². The van der Waals surface area contributed by atoms with Crippen molar-refractivity contribution in [1.82, 2.24) is 14.8 Å². The van der Waals surface area contributed by atoms with E-state index in [0.717, 1.165) is 37.0 Å². The highest BCUT2D eigenvalue weighted by atomic mass is 19.1. The lowest BCUT2D eigenvalue weighted by Crippen LogP contribution is -2.46. The summed E-state index contributed by atoms with van der Waals surface area (Å²) in [7, 11) is 0. The molecule has 0 saturated carbocycles. The molecule has 0 bridgehead atoms. The Morgan fingerprint density at radius 1 is 1.31 bits per heavy atom. The molecule has 2 aromatic rings. The smallest absolute Gasteiger partial charge is 0.237 e. The Hall–Kier alpha value is -2.79. The first kappa shape index (κ1) is 19.5. The molecule has 2 atom stereocenters. The summed E-state index contributed by atoms with van der Waals surface area (Å²) in [4.78, 5) is 20.0. The van der Waals surface area contributed by atoms with E-state index < -0.39 is 12.2 Å². The summed E-state index contributed by atoms with van der Waals surface area (Å²) < 4.78 is 27.5. The lowest BCUT2D eigenvalue weighted by atomic mass is 10.0. The summed E-state index contributed by atoms with van der Waals surface area (Å²) in [6.45, 7) is 1.68. The zero-order chi connectivity index (χ0) is 20.4. The average Bonchev–Trinajstić information content (AvgIpc) is 3.13. The van der Waals surface area contributed by atoms with E-state index in [4.69, 9.17) is 5.26 Å². The summed E-state index contributed by atoms with van der Waals surface area (Å²) in [6, 6.07) is 8.37. The van der Waals surface area contributed by atoms with Crippen LogP contribution in [0.4, 0.5) is 14.5 Å². The van der Waals surface area contributed by atoms with Crippen molar-refractivity contribution in [3.8, 4) is 6.07 Å². The fourth-order valence-corrected chi connectivity index (χ4v) is 4.18. The molecule has 3 heterocycles. The van der Waals surface area contributed by atoms with Gasteiger partial charge in [0.05, 0.1) is 19.2 Å². The Morgan fingerprint density at radius 3 is 2.86 bits per heavy atom. The minimum atomic E-state index is -1.11. The van der Waals surface area contributed by atoms with E-state index in [-0.39, 0.29) is 37.3 Å². The van der Waals surface area contributed by atoms with Crippen molar-refractivity contribution in [3.63, 3.8) is 0 Å². The zero-order valence-corrected chi connectivity index (χ0v) is 16.0. The second kappa shape index (κ2) is 8.29. The Morgan fingerprint density at radius 2 is 2.10 bits per heavy atom. The molecule has 1 unspecified atom stereocenters. The number of benzene rings is 1. The minimum Gasteiger partial charge on any atom is -0.382 e. The van der Waals surface area contributed by atoms with Gasteiger partial charge in [0.2, 0.25) is 5.91 Å². The van der Waals surface area contributed by atoms with Crippen LogP contribution in [-0.2, 0) is 4.79 Å². The van der Waals surface area contributed by atoms with Gasteiger partial charge >= 0.3 is 0 Å². The summed E-state index contributed by atoms with van der Waals surface area (Å²) in [5, 5.41) is 13.3. The minimum absolute atomic E-state index is 0.0146. The number of hydrogen-bond donors (Lipinski definition) is 1. The number of anilines is 1. The van der Waals surface area contributed by atoms with E-state index in [1.54, 1.807) is 18.3 Å². The highest BCUT2D eigenvalue weighted by Gasteiger charge is 2.36. The lowest BCUT2D eigenvalue weighted by molar-refractivity contribution is -0.132. The molecule has 1 N–H and O–H groups in total. The van der Waals surface area contributed by atoms with Crippen LogP contribution in [0.1, 0.15) is 19.3 Å². The van der Waals surface area contributed by atoms with Crippen LogP contribution < -0.4 is 5.32 Å². The third-order valence-electron chi connectivity index (χ3n) is 5.75. The fourth-order valence-electron chi connectivity index (χ4n) is 4.18. The number of nitrogens with zero attached hydrogens (tertiary/aromatic N) is 4. The normalized spacial score (nSPS) is 23.3. The van der Waals surface area contributed by atoms with Gasteiger partial charge in [-0.1, -0.05) is 0 Å². The van der Waals surface area contributed by atoms with Crippen molar-refractivity contribution in [2.75, 3.05) is 31.5 Å². The van der Waals surface area contributed by atoms with Crippen LogP contribution in [0, 0.1) is 17.1 Å². The van der Waals surface area contributed by atoms with Gasteiger partial charge in [-0.2, -0.15) is 5.26 Å². The molecule has 1 aromatic carbocycles. The van der Waals surface area contributed by atoms with Crippen molar-refractivity contribution in [1.29, 1.82) is 5.26 Å². The van der Waals surface area contributed by atoms with Crippen LogP contribution in [-0.4, -0.2) is 65.1 Å². The quantitative estimate of drug-likeness (QED) is 0.856. The molecule has 2 saturated heterocycles. The summed E-state index contributed by atoms with van der Waals surface area (Å²) in [6.07, 6.45) is 2.24. The second-order valence-electron chi connectivity index (χ2n) is 7.71. The molecule has 0 radical (unpaired) electrons. The molecule has 0 spiro atoms. The molecule has 152 valence electrons. The highest BCUT2D eigenvalue weighted by molar-refractivity contribution is 5.91. The van der Waals surface area contributed by atoms with E-state index in [0.29, 0.717) is 5.52 Å². The van der Waals surface area contributed by atoms with E-state index in [2.05, 4.69) is 10.3 Å². The Bertz CT molecular complexity index is 938. The maximum absolute atomic E-state index is 13.9. The fraction of sp³-hybridized carbons (Fsp3) is 0.476. The first-order valence-corrected chi connectivity index (χ1v) is 9.90. The van der Waals surface area contributed by atoms with E-state index in [9.17, 15) is 13.6 Å². The number of nitrogens with one attached hydrogen (secondary N) is 1. The second-order valence-corrected chi connectivity index (χ2v) is 7.71. The third-order valence-corrected chi connectivity index (χ3v) is 5.75. The molecule has 2 fully saturated rings. The number of fused-ring (bicyclic) bond motifs is 1. The summed E-state index contributed by atoms with van der Waals surface area (Å²) >= 11 is 0. The first-order valence-electron chi connectivity index (χ1n) is 9.90. The van der Waals surface area contributed by atoms with Crippen LogP contribution in [0.5, 0.6) is 0 Å². The van der Waals surface area contributed by atoms with E-state index >= 15 is 0 Å². The van der Waals surface area contributed by atoms with Gasteiger partial charge in [0.1, 0.15) is 23.5 Å². The molecule has 6 nitrogen and oxygen atoms in total. The Kier molecular flexibility index (Phi) is 5.58. The van der Waals surface area contributed by atoms with E-state index in [1.807, 2.05) is 17.0 Å². The Balaban J connectivity index is 1.33. The van der Waals surface area contributed by atoms with Crippen LogP contribution in [0.25, 0.3) is 10.9 Å². The molecule has 4 rings (SSSR count). The molecule has 8 heteroatoms. The number of amides is 1. The zero-order valence-electron chi connectivity index (χ0n) is 16.0. The number of piperidine rings is 1. The molecule has 0 aliphatic carbocycles. The molecule has 1 aromatic heterocycles. The topological polar surface area (TPSA) is 72.3 Å². The lowest BCUT2D eigenvalue weighted by Gasteiger charge is -2.33. The number of likely N-dealkylation sites (tertiary alicyclic amines) is 2. The number of aromatic nitrogens is 1. The number of carbonyl (C=O) groups excluding carboxylic acids is 1. The average molecular weight is 399 g/mol. The first-order chi connectivity index (χ1) is 14.0. The highest BCUT2D eigenvalue weighted by Crippen LogP contribution is 2.27. The number of pyridine rings is 1. The van der Waals surface area contributed by atoms with Crippen LogP contribution in [0.2, 0.25) is 0 Å². The van der Waals surface area contributed by atoms with Crippen molar-refractivity contribution in [3.05, 3.63) is 36.3 Å². The number of rotatable bonds is 4. The molecule has 29 heavy (non-hydrogen) atoms. The van der Waals surface area contributed by atoms with Gasteiger partial charge in [-0.15, -0.1) is 0 Å². The SMILES string of the molecule is N#CC1C[C@H](F)CN1C(=O)CN1CCC(Nc2ccc(F)c3ncccc23)CC1. The maximum Gasteiger partial charge on any atom is 0.237 e. The third kappa shape index (κ3) is 4.15. The van der Waals surface area contributed by atoms with Gasteiger partial charge in [0.15, 0.2) is 0 Å². The Labute approximate surface area is 168 Å². The number of nitriles is 1. The van der Waals surface area contributed by atoms with Crippen molar-refractivity contribution < 1.29 is 13.6 Å². The van der Waals surface area contributed by atoms with Crippen molar-refractivity contribution in [2.45, 2.75) is 37.5 Å². The van der Waals surface area contributed by atoms with Crippen LogP contribution in [0.3, 0.4) is 0 Å². The van der Waals surface area contributed by atoms with Gasteiger partial charge in [0.25, 0.3) is 0 Å². The van der Waals surface area contributed by atoms with Gasteiger partial charge < -0.3 is 10.2 Å². The van der Waals surface area contributed by atoms with Crippen LogP contribution >= 0.6 is 0 Å². The predicted octanol–water partition coefficient (Wildman–Crippen LogP) is 2.71. The summed E-state index contributed by atoms with van der Waals surface area (Å²) in [5.41, 5.74) is 1.20. The van der Waals surface area contributed by atoms with Gasteiger partial charge in [0, 0.05) is 42.8 Å². The number of halogens is 2. The molecule has 2 aliphatic rings. The molecule has 2 aliphatic heterocycles. The predicted molar refractivity (Wildman–Crippen MR) is 105 cm³/mol. The summed E-state index contributed by atoms with van der Waals surface area (Å²) in [5.74, 6) is -0.522. The van der Waals surface area contributed by atoms with Crippen molar-refractivity contribution in [2.24, 2.45) is 0 Å². The van der Waals surface area contributed by atoms with Crippen molar-refractivity contribution >= 4 is 22.5 Å². The standard InChI is InChI=1S/C21H23F2N5O/c22-14-10-16(11-24)28(12-14)20(29)13-27-8-5-15(6-9-27)26-19-4-3-18(23)21-17(19)2-1-7-25-21/h1-4,7,14-16,26H,5-6,8-10,12-13H2/t14-,16?/m0/s1. The molecular weight excluding hydrogens is 376 g/mol. The number of hydrogen-bond acceptors (Lipinski definition) is 5. The molecule has 1 amide bonds. The number of alkyl halides is 1. The number of carbonyl (C=O) groups is 1. The maximum atomic E-state index is 13.9. The molecular formula is C21H23F2N5O. The largest absolute Gasteiger partial charge is 0.382 e. The van der Waals surface area contributed by atoms with Gasteiger partial charge in [-0.25, -0.2) is 8.78 Å². The monoisotopic (exact) mass is 399 g/mol. The van der Waals surface area contributed by atoms with E-state index in [1.165, 1.54) is 11.0 Å². The van der Waals surface area contributed by atoms with Gasteiger partial charge in [-0.3, -0.25) is 14.7 Å².